The molecule has 9 heteroatoms. The summed E-state index contributed by atoms with van der Waals surface area (Å²) in [5.41, 5.74) is 1.89. The summed E-state index contributed by atoms with van der Waals surface area (Å²) < 4.78 is 18.7. The molecule has 2 amide bonds. The third-order valence-electron chi connectivity index (χ3n) is 6.11. The van der Waals surface area contributed by atoms with Crippen molar-refractivity contribution >= 4 is 46.1 Å². The van der Waals surface area contributed by atoms with Crippen molar-refractivity contribution in [2.45, 2.75) is 20.4 Å². The highest BCUT2D eigenvalue weighted by molar-refractivity contribution is 7.80. The Bertz CT molecular complexity index is 1330. The fourth-order valence-corrected chi connectivity index (χ4v) is 4.77. The second-order valence-electron chi connectivity index (χ2n) is 8.10. The molecule has 2 aliphatic heterocycles. The van der Waals surface area contributed by atoms with Gasteiger partial charge in [0.05, 0.1) is 6.54 Å². The highest BCUT2D eigenvalue weighted by Gasteiger charge is 2.38. The van der Waals surface area contributed by atoms with E-state index in [0.29, 0.717) is 43.5 Å². The second-order valence-corrected chi connectivity index (χ2v) is 8.46. The van der Waals surface area contributed by atoms with Crippen LogP contribution < -0.4 is 14.2 Å². The Morgan fingerprint density at radius 1 is 1.00 bits per heavy atom. The van der Waals surface area contributed by atoms with Gasteiger partial charge in [-0.1, -0.05) is 18.2 Å². The Kier molecular flexibility index (Phi) is 6.17. The molecule has 1 aromatic heterocycles. The molecule has 1 fully saturated rings. The summed E-state index contributed by atoms with van der Waals surface area (Å²) in [5, 5.41) is 1.20. The van der Waals surface area contributed by atoms with E-state index in [4.69, 9.17) is 26.4 Å². The molecule has 0 unspecified atom stereocenters. The molecule has 5 rings (SSSR count). The number of amides is 2. The third-order valence-corrected chi connectivity index (χ3v) is 6.55. The van der Waals surface area contributed by atoms with Crippen molar-refractivity contribution in [1.82, 2.24) is 14.4 Å². The van der Waals surface area contributed by atoms with Crippen LogP contribution in [0.4, 0.5) is 0 Å². The molecule has 8 nitrogen and oxygen atoms in total. The van der Waals surface area contributed by atoms with Gasteiger partial charge in [0.15, 0.2) is 16.6 Å². The van der Waals surface area contributed by atoms with Crippen molar-refractivity contribution in [3.63, 3.8) is 0 Å². The van der Waals surface area contributed by atoms with Crippen LogP contribution in [0.1, 0.15) is 19.4 Å². The van der Waals surface area contributed by atoms with Gasteiger partial charge in [0.2, 0.25) is 6.79 Å². The first-order valence-electron chi connectivity index (χ1n) is 11.5. The van der Waals surface area contributed by atoms with Crippen molar-refractivity contribution < 1.29 is 23.8 Å². The van der Waals surface area contributed by atoms with Crippen LogP contribution >= 0.6 is 12.2 Å². The summed E-state index contributed by atoms with van der Waals surface area (Å²) in [7, 11) is 0. The van der Waals surface area contributed by atoms with Gasteiger partial charge >= 0.3 is 0 Å². The number of para-hydroxylation sites is 1. The minimum Gasteiger partial charge on any atom is -0.492 e. The number of rotatable bonds is 7. The van der Waals surface area contributed by atoms with Crippen LogP contribution in [0.5, 0.6) is 17.2 Å². The summed E-state index contributed by atoms with van der Waals surface area (Å²) >= 11 is 5.36. The minimum atomic E-state index is -0.366. The first-order valence-corrected chi connectivity index (χ1v) is 11.9. The number of hydrogen-bond donors (Lipinski definition) is 0. The Hall–Kier alpha value is -3.85. The molecule has 2 aliphatic rings. The predicted octanol–water partition coefficient (Wildman–Crippen LogP) is 3.83. The van der Waals surface area contributed by atoms with E-state index < -0.39 is 0 Å². The summed E-state index contributed by atoms with van der Waals surface area (Å²) in [6.07, 6.45) is 3.62. The molecular formula is C26H25N3O5S. The molecule has 0 atom stereocenters. The van der Waals surface area contributed by atoms with Crippen molar-refractivity contribution in [2.24, 2.45) is 0 Å². The average molecular weight is 492 g/mol. The van der Waals surface area contributed by atoms with E-state index in [-0.39, 0.29) is 29.3 Å². The zero-order valence-corrected chi connectivity index (χ0v) is 20.3. The maximum Gasteiger partial charge on any atom is 0.265 e. The number of likely N-dealkylation sites (N-methyl/N-ethyl adjacent to an activating group) is 2. The van der Waals surface area contributed by atoms with Gasteiger partial charge in [0.25, 0.3) is 11.8 Å². The van der Waals surface area contributed by atoms with E-state index in [0.717, 1.165) is 16.5 Å². The van der Waals surface area contributed by atoms with Gasteiger partial charge in [-0.2, -0.15) is 0 Å². The Morgan fingerprint density at radius 2 is 1.71 bits per heavy atom. The molecule has 3 aromatic rings. The van der Waals surface area contributed by atoms with E-state index in [1.54, 1.807) is 6.08 Å². The zero-order chi connectivity index (χ0) is 24.5. The molecule has 2 aromatic carbocycles. The molecule has 180 valence electrons. The molecule has 0 radical (unpaired) electrons. The quantitative estimate of drug-likeness (QED) is 0.284. The number of hydrogen-bond acceptors (Lipinski definition) is 6. The van der Waals surface area contributed by atoms with Crippen LogP contribution in [0.15, 0.2) is 54.2 Å². The average Bonchev–Trinajstić information content (AvgIpc) is 3.47. The number of nitrogens with zero attached hydrogens (tertiary/aromatic N) is 3. The lowest BCUT2D eigenvalue weighted by atomic mass is 10.1. The lowest BCUT2D eigenvalue weighted by Crippen LogP contribution is -2.55. The zero-order valence-electron chi connectivity index (χ0n) is 19.5. The van der Waals surface area contributed by atoms with E-state index in [9.17, 15) is 9.59 Å². The number of carbonyl (C=O) groups is 2. The van der Waals surface area contributed by atoms with Crippen LogP contribution in [0.2, 0.25) is 0 Å². The fourth-order valence-electron chi connectivity index (χ4n) is 4.34. The van der Waals surface area contributed by atoms with Crippen molar-refractivity contribution in [3.8, 4) is 17.2 Å². The highest BCUT2D eigenvalue weighted by atomic mass is 32.1. The molecule has 35 heavy (non-hydrogen) atoms. The lowest BCUT2D eigenvalue weighted by Gasteiger charge is -2.35. The van der Waals surface area contributed by atoms with Crippen molar-refractivity contribution in [2.75, 3.05) is 26.5 Å². The van der Waals surface area contributed by atoms with Gasteiger partial charge in [0, 0.05) is 41.8 Å². The van der Waals surface area contributed by atoms with E-state index in [1.807, 2.05) is 62.5 Å². The molecule has 1 saturated heterocycles. The van der Waals surface area contributed by atoms with Gasteiger partial charge in [-0.05, 0) is 50.3 Å². The third kappa shape index (κ3) is 4.12. The van der Waals surface area contributed by atoms with Crippen LogP contribution in [0.25, 0.3) is 17.0 Å². The molecule has 0 bridgehead atoms. The molecule has 0 saturated carbocycles. The highest BCUT2D eigenvalue weighted by Crippen LogP contribution is 2.35. The predicted molar refractivity (Wildman–Crippen MR) is 135 cm³/mol. The minimum absolute atomic E-state index is 0.113. The number of aromatic nitrogens is 1. The number of fused-ring (bicyclic) bond motifs is 2. The van der Waals surface area contributed by atoms with E-state index >= 15 is 0 Å². The Morgan fingerprint density at radius 3 is 2.46 bits per heavy atom. The molecule has 0 spiro atoms. The smallest absolute Gasteiger partial charge is 0.265 e. The van der Waals surface area contributed by atoms with Crippen LogP contribution in [0.3, 0.4) is 0 Å². The SMILES string of the molecule is CCN1C(=O)C(=Cc2cn(CCOc3ccc4c(c3)OCO4)c3ccccc23)C(=O)N(CC)C1=S. The van der Waals surface area contributed by atoms with Gasteiger partial charge in [0.1, 0.15) is 17.9 Å². The molecule has 3 heterocycles. The van der Waals surface area contributed by atoms with E-state index in [2.05, 4.69) is 4.57 Å². The molecule has 0 N–H and O–H groups in total. The Labute approximate surface area is 208 Å². The number of carbonyl (C=O) groups excluding carboxylic acids is 2. The van der Waals surface area contributed by atoms with Crippen molar-refractivity contribution in [1.29, 1.82) is 0 Å². The van der Waals surface area contributed by atoms with E-state index in [1.165, 1.54) is 9.80 Å². The van der Waals surface area contributed by atoms with Crippen LogP contribution in [-0.4, -0.2) is 57.8 Å². The topological polar surface area (TPSA) is 73.2 Å². The number of thiocarbonyl (C=S) groups is 1. The van der Waals surface area contributed by atoms with Gasteiger partial charge in [-0.3, -0.25) is 19.4 Å². The second kappa shape index (κ2) is 9.42. The van der Waals surface area contributed by atoms with Gasteiger partial charge in [-0.15, -0.1) is 0 Å². The maximum atomic E-state index is 13.1. The summed E-state index contributed by atoms with van der Waals surface area (Å²) in [5.74, 6) is 1.35. The Balaban J connectivity index is 1.41. The van der Waals surface area contributed by atoms with Crippen LogP contribution in [-0.2, 0) is 16.1 Å². The largest absolute Gasteiger partial charge is 0.492 e. The van der Waals surface area contributed by atoms with Gasteiger partial charge < -0.3 is 18.8 Å². The lowest BCUT2D eigenvalue weighted by molar-refractivity contribution is -0.133. The number of ether oxygens (including phenoxy) is 3. The fraction of sp³-hybridized carbons (Fsp3) is 0.269. The normalized spacial score (nSPS) is 15.4. The van der Waals surface area contributed by atoms with Gasteiger partial charge in [-0.25, -0.2) is 0 Å². The number of benzene rings is 2. The summed E-state index contributed by atoms with van der Waals surface area (Å²) in [6, 6.07) is 13.4. The molecule has 0 aliphatic carbocycles. The maximum absolute atomic E-state index is 13.1. The first kappa shape index (κ1) is 22.9. The van der Waals surface area contributed by atoms with Crippen LogP contribution in [0, 0.1) is 0 Å². The van der Waals surface area contributed by atoms with Crippen molar-refractivity contribution in [3.05, 3.63) is 59.8 Å². The summed E-state index contributed by atoms with van der Waals surface area (Å²) in [4.78, 5) is 29.1. The first-order chi connectivity index (χ1) is 17.0. The monoisotopic (exact) mass is 491 g/mol. The standard InChI is InChI=1S/C26H25N3O5S/c1-3-28-24(30)20(25(31)29(4-2)26(28)35)13-17-15-27(21-8-6-5-7-19(17)21)11-12-32-18-9-10-22-23(14-18)34-16-33-22/h5-10,13-15H,3-4,11-12,16H2,1-2H3. The summed E-state index contributed by atoms with van der Waals surface area (Å²) in [6.45, 7) is 5.71. The molecular weight excluding hydrogens is 466 g/mol.